The monoisotopic (exact) mass is 341 g/mol. The average molecular weight is 342 g/mol. The molecular formula is C15H20BrNO3. The minimum atomic E-state index is -0.00269. The van der Waals surface area contributed by atoms with E-state index in [-0.39, 0.29) is 5.91 Å². The first-order valence-electron chi connectivity index (χ1n) is 6.72. The Morgan fingerprint density at radius 3 is 2.70 bits per heavy atom. The maximum absolute atomic E-state index is 12.7. The molecule has 1 aliphatic heterocycles. The summed E-state index contributed by atoms with van der Waals surface area (Å²) in [6.45, 7) is 3.70. The van der Waals surface area contributed by atoms with E-state index in [0.29, 0.717) is 27.8 Å². The lowest BCUT2D eigenvalue weighted by atomic mass is 9.98. The Kier molecular flexibility index (Phi) is 4.91. The molecule has 2 rings (SSSR count). The zero-order chi connectivity index (χ0) is 14.7. The summed E-state index contributed by atoms with van der Waals surface area (Å²) in [5, 5.41) is 0. The van der Waals surface area contributed by atoms with Crippen molar-refractivity contribution >= 4 is 21.8 Å². The lowest BCUT2D eigenvalue weighted by Gasteiger charge is -2.34. The largest absolute Gasteiger partial charge is 0.493 e. The Balaban J connectivity index is 2.25. The van der Waals surface area contributed by atoms with Crippen LogP contribution in [0.5, 0.6) is 11.5 Å². The van der Waals surface area contributed by atoms with Gasteiger partial charge in [-0.25, -0.2) is 0 Å². The van der Waals surface area contributed by atoms with Crippen molar-refractivity contribution in [2.75, 3.05) is 27.3 Å². The first-order valence-corrected chi connectivity index (χ1v) is 7.64. The smallest absolute Gasteiger partial charge is 0.257 e. The highest BCUT2D eigenvalue weighted by Crippen LogP contribution is 2.33. The molecule has 1 aliphatic rings. The van der Waals surface area contributed by atoms with E-state index in [1.807, 2.05) is 11.0 Å². The van der Waals surface area contributed by atoms with Gasteiger partial charge in [-0.2, -0.15) is 0 Å². The van der Waals surface area contributed by atoms with Crippen molar-refractivity contribution < 1.29 is 14.3 Å². The molecule has 1 aromatic rings. The van der Waals surface area contributed by atoms with Crippen molar-refractivity contribution in [2.45, 2.75) is 18.2 Å². The maximum Gasteiger partial charge on any atom is 0.257 e. The van der Waals surface area contributed by atoms with Gasteiger partial charge in [-0.3, -0.25) is 4.79 Å². The van der Waals surface area contributed by atoms with E-state index in [4.69, 9.17) is 9.47 Å². The van der Waals surface area contributed by atoms with Crippen LogP contribution in [0.4, 0.5) is 0 Å². The summed E-state index contributed by atoms with van der Waals surface area (Å²) in [5.74, 6) is 1.67. The molecule has 1 heterocycles. The molecule has 0 saturated carbocycles. The number of halogens is 1. The van der Waals surface area contributed by atoms with Crippen LogP contribution >= 0.6 is 15.9 Å². The molecule has 110 valence electrons. The highest BCUT2D eigenvalue weighted by atomic mass is 79.9. The molecular weight excluding hydrogens is 322 g/mol. The molecule has 0 aliphatic carbocycles. The van der Waals surface area contributed by atoms with Gasteiger partial charge in [0, 0.05) is 17.9 Å². The normalized spacial score (nSPS) is 22.5. The quantitative estimate of drug-likeness (QED) is 0.793. The molecule has 0 bridgehead atoms. The Labute approximate surface area is 128 Å². The number of nitrogens with zero attached hydrogens (tertiary/aromatic N) is 1. The van der Waals surface area contributed by atoms with Crippen LogP contribution in [-0.4, -0.2) is 42.9 Å². The summed E-state index contributed by atoms with van der Waals surface area (Å²) in [6, 6.07) is 5.39. The molecule has 0 N–H and O–H groups in total. The Hall–Kier alpha value is -1.23. The number of likely N-dealkylation sites (tertiary alicyclic amines) is 1. The van der Waals surface area contributed by atoms with Gasteiger partial charge in [0.1, 0.15) is 0 Å². The summed E-state index contributed by atoms with van der Waals surface area (Å²) < 4.78 is 10.6. The summed E-state index contributed by atoms with van der Waals surface area (Å²) in [5.41, 5.74) is 0.557. The number of amides is 1. The van der Waals surface area contributed by atoms with E-state index in [1.165, 1.54) is 0 Å². The molecule has 0 aromatic heterocycles. The number of benzene rings is 1. The summed E-state index contributed by atoms with van der Waals surface area (Å²) in [4.78, 5) is 14.9. The number of methoxy groups -OCH3 is 2. The lowest BCUT2D eigenvalue weighted by molar-refractivity contribution is 0.0702. The number of hydrogen-bond donors (Lipinski definition) is 0. The van der Waals surface area contributed by atoms with Gasteiger partial charge in [0.15, 0.2) is 11.5 Å². The minimum Gasteiger partial charge on any atom is -0.493 e. The third-order valence-corrected chi connectivity index (χ3v) is 4.98. The zero-order valence-corrected chi connectivity index (χ0v) is 13.6. The zero-order valence-electron chi connectivity index (χ0n) is 12.1. The second-order valence-corrected chi connectivity index (χ2v) is 6.25. The van der Waals surface area contributed by atoms with Crippen LogP contribution < -0.4 is 9.47 Å². The van der Waals surface area contributed by atoms with Crippen LogP contribution in [0.25, 0.3) is 0 Å². The molecule has 4 nitrogen and oxygen atoms in total. The van der Waals surface area contributed by atoms with Crippen molar-refractivity contribution in [1.29, 1.82) is 0 Å². The van der Waals surface area contributed by atoms with Gasteiger partial charge in [-0.1, -0.05) is 28.9 Å². The van der Waals surface area contributed by atoms with Gasteiger partial charge in [0.2, 0.25) is 0 Å². The SMILES string of the molecule is COc1cccc(C(=O)N2CCC(C)C(Br)C2)c1OC. The number of piperidine rings is 1. The van der Waals surface area contributed by atoms with Crippen molar-refractivity contribution in [2.24, 2.45) is 5.92 Å². The van der Waals surface area contributed by atoms with E-state index in [1.54, 1.807) is 26.4 Å². The third kappa shape index (κ3) is 2.92. The standard InChI is InChI=1S/C15H20BrNO3/c1-10-7-8-17(9-12(10)16)15(18)11-5-4-6-13(19-2)14(11)20-3/h4-6,10,12H,7-9H2,1-3H3. The number of ether oxygens (including phenoxy) is 2. The molecule has 2 unspecified atom stereocenters. The second-order valence-electron chi connectivity index (χ2n) is 5.07. The lowest BCUT2D eigenvalue weighted by Crippen LogP contribution is -2.43. The second kappa shape index (κ2) is 6.48. The van der Waals surface area contributed by atoms with Crippen molar-refractivity contribution in [3.05, 3.63) is 23.8 Å². The molecule has 2 atom stereocenters. The van der Waals surface area contributed by atoms with Crippen LogP contribution in [0.1, 0.15) is 23.7 Å². The predicted molar refractivity (Wildman–Crippen MR) is 81.9 cm³/mol. The fourth-order valence-corrected chi connectivity index (χ4v) is 3.05. The first kappa shape index (κ1) is 15.2. The van der Waals surface area contributed by atoms with Crippen LogP contribution in [0.15, 0.2) is 18.2 Å². The van der Waals surface area contributed by atoms with E-state index in [0.717, 1.165) is 19.5 Å². The van der Waals surface area contributed by atoms with Gasteiger partial charge in [-0.15, -0.1) is 0 Å². The number of hydrogen-bond acceptors (Lipinski definition) is 3. The van der Waals surface area contributed by atoms with Crippen LogP contribution in [0.3, 0.4) is 0 Å². The van der Waals surface area contributed by atoms with Crippen LogP contribution in [-0.2, 0) is 0 Å². The Bertz CT molecular complexity index is 492. The van der Waals surface area contributed by atoms with Gasteiger partial charge in [0.25, 0.3) is 5.91 Å². The molecule has 5 heteroatoms. The third-order valence-electron chi connectivity index (χ3n) is 3.79. The molecule has 1 fully saturated rings. The molecule has 1 aromatic carbocycles. The minimum absolute atomic E-state index is 0.00269. The first-order chi connectivity index (χ1) is 9.58. The molecule has 0 spiro atoms. The summed E-state index contributed by atoms with van der Waals surface area (Å²) >= 11 is 3.65. The van der Waals surface area contributed by atoms with E-state index in [9.17, 15) is 4.79 Å². The highest BCUT2D eigenvalue weighted by Gasteiger charge is 2.29. The molecule has 1 saturated heterocycles. The average Bonchev–Trinajstić information content (AvgIpc) is 2.48. The van der Waals surface area contributed by atoms with Crippen molar-refractivity contribution in [1.82, 2.24) is 4.90 Å². The summed E-state index contributed by atoms with van der Waals surface area (Å²) in [6.07, 6.45) is 1.01. The maximum atomic E-state index is 12.7. The summed E-state index contributed by atoms with van der Waals surface area (Å²) in [7, 11) is 3.13. The van der Waals surface area contributed by atoms with Gasteiger partial charge in [0.05, 0.1) is 19.8 Å². The molecule has 20 heavy (non-hydrogen) atoms. The van der Waals surface area contributed by atoms with Crippen LogP contribution in [0, 0.1) is 5.92 Å². The highest BCUT2D eigenvalue weighted by molar-refractivity contribution is 9.09. The fraction of sp³-hybridized carbons (Fsp3) is 0.533. The van der Waals surface area contributed by atoms with Crippen LogP contribution in [0.2, 0.25) is 0 Å². The van der Waals surface area contributed by atoms with E-state index < -0.39 is 0 Å². The fourth-order valence-electron chi connectivity index (χ4n) is 2.43. The van der Waals surface area contributed by atoms with Gasteiger partial charge < -0.3 is 14.4 Å². The predicted octanol–water partition coefficient (Wildman–Crippen LogP) is 2.95. The number of rotatable bonds is 3. The topological polar surface area (TPSA) is 38.8 Å². The Morgan fingerprint density at radius 2 is 2.10 bits per heavy atom. The number of para-hydroxylation sites is 1. The van der Waals surface area contributed by atoms with Crippen molar-refractivity contribution in [3.63, 3.8) is 0 Å². The molecule has 1 amide bonds. The van der Waals surface area contributed by atoms with E-state index in [2.05, 4.69) is 22.9 Å². The Morgan fingerprint density at radius 1 is 1.35 bits per heavy atom. The number of alkyl halides is 1. The van der Waals surface area contributed by atoms with Gasteiger partial charge >= 0.3 is 0 Å². The molecule has 0 radical (unpaired) electrons. The van der Waals surface area contributed by atoms with Crippen molar-refractivity contribution in [3.8, 4) is 11.5 Å². The van der Waals surface area contributed by atoms with Gasteiger partial charge in [-0.05, 0) is 24.5 Å². The van der Waals surface area contributed by atoms with E-state index >= 15 is 0 Å². The number of carbonyl (C=O) groups is 1. The number of carbonyl (C=O) groups excluding carboxylic acids is 1.